The van der Waals surface area contributed by atoms with Crippen molar-refractivity contribution in [1.82, 2.24) is 14.1 Å². The van der Waals surface area contributed by atoms with Gasteiger partial charge in [0.25, 0.3) is 0 Å². The normalized spacial score (nSPS) is 12.0. The number of hydrogen-bond donors (Lipinski definition) is 0. The van der Waals surface area contributed by atoms with Gasteiger partial charge < -0.3 is 0 Å². The molecule has 1 aromatic heterocycles. The molecule has 0 fully saturated rings. The van der Waals surface area contributed by atoms with E-state index < -0.39 is 10.0 Å². The predicted molar refractivity (Wildman–Crippen MR) is 103 cm³/mol. The molecule has 2 aromatic carbocycles. The highest BCUT2D eigenvalue weighted by atomic mass is 32.2. The summed E-state index contributed by atoms with van der Waals surface area (Å²) in [6.07, 6.45) is 1.63. The van der Waals surface area contributed by atoms with Gasteiger partial charge in [-0.1, -0.05) is 60.7 Å². The lowest BCUT2D eigenvalue weighted by molar-refractivity contribution is 0.466. The average molecular weight is 369 g/mol. The lowest BCUT2D eigenvalue weighted by Crippen LogP contribution is -2.26. The van der Waals surface area contributed by atoms with E-state index in [1.807, 2.05) is 74.5 Å². The van der Waals surface area contributed by atoms with Crippen LogP contribution >= 0.6 is 0 Å². The van der Waals surface area contributed by atoms with Crippen LogP contribution in [0.4, 0.5) is 0 Å². The topological polar surface area (TPSA) is 55.2 Å². The number of aromatic nitrogens is 2. The van der Waals surface area contributed by atoms with Crippen LogP contribution in [0.25, 0.3) is 11.3 Å². The van der Waals surface area contributed by atoms with Gasteiger partial charge in [-0.25, -0.2) is 8.42 Å². The quantitative estimate of drug-likeness (QED) is 0.661. The standard InChI is InChI=1S/C20H23N3O2S/c1-16(2)23-15-19(20(21-23)18-12-8-5-9-13-18)26(24,25)22(3)14-17-10-6-4-7-11-17/h4-13,15-16H,14H2,1-3H3. The molecule has 26 heavy (non-hydrogen) atoms. The van der Waals surface area contributed by atoms with E-state index in [1.165, 1.54) is 4.31 Å². The lowest BCUT2D eigenvalue weighted by Gasteiger charge is -2.17. The highest BCUT2D eigenvalue weighted by Crippen LogP contribution is 2.29. The molecule has 5 nitrogen and oxygen atoms in total. The van der Waals surface area contributed by atoms with Gasteiger partial charge in [-0.15, -0.1) is 0 Å². The van der Waals surface area contributed by atoms with Crippen LogP contribution in [0.2, 0.25) is 0 Å². The molecule has 3 aromatic rings. The van der Waals surface area contributed by atoms with Crippen LogP contribution < -0.4 is 0 Å². The minimum absolute atomic E-state index is 0.0702. The number of rotatable bonds is 6. The third-order valence-corrected chi connectivity index (χ3v) is 6.02. The Bertz CT molecular complexity index is 965. The first-order valence-corrected chi connectivity index (χ1v) is 9.98. The van der Waals surface area contributed by atoms with Gasteiger partial charge in [0.05, 0.1) is 0 Å². The molecule has 1 heterocycles. The first-order chi connectivity index (χ1) is 12.4. The van der Waals surface area contributed by atoms with Gasteiger partial charge in [0, 0.05) is 31.4 Å². The molecule has 0 unspecified atom stereocenters. The molecule has 0 radical (unpaired) electrons. The molecule has 0 amide bonds. The monoisotopic (exact) mass is 369 g/mol. The zero-order valence-corrected chi connectivity index (χ0v) is 16.0. The van der Waals surface area contributed by atoms with Crippen molar-refractivity contribution < 1.29 is 8.42 Å². The summed E-state index contributed by atoms with van der Waals surface area (Å²) in [7, 11) is -2.08. The Morgan fingerprint density at radius 2 is 1.58 bits per heavy atom. The van der Waals surface area contributed by atoms with Crippen molar-refractivity contribution in [3.05, 3.63) is 72.4 Å². The number of hydrogen-bond acceptors (Lipinski definition) is 3. The van der Waals surface area contributed by atoms with E-state index in [-0.39, 0.29) is 10.9 Å². The summed E-state index contributed by atoms with van der Waals surface area (Å²) in [5.74, 6) is 0. The Kier molecular flexibility index (Phi) is 5.25. The van der Waals surface area contributed by atoms with Gasteiger partial charge >= 0.3 is 0 Å². The van der Waals surface area contributed by atoms with E-state index in [1.54, 1.807) is 17.9 Å². The summed E-state index contributed by atoms with van der Waals surface area (Å²) >= 11 is 0. The number of sulfonamides is 1. The third-order valence-electron chi connectivity index (χ3n) is 4.21. The minimum Gasteiger partial charge on any atom is -0.268 e. The van der Waals surface area contributed by atoms with Crippen LogP contribution in [-0.2, 0) is 16.6 Å². The molecule has 0 saturated carbocycles. The van der Waals surface area contributed by atoms with Gasteiger partial charge in [-0.2, -0.15) is 9.40 Å². The second-order valence-electron chi connectivity index (χ2n) is 6.53. The maximum atomic E-state index is 13.2. The first-order valence-electron chi connectivity index (χ1n) is 8.54. The van der Waals surface area contributed by atoms with Crippen molar-refractivity contribution >= 4 is 10.0 Å². The zero-order chi connectivity index (χ0) is 18.7. The van der Waals surface area contributed by atoms with E-state index in [2.05, 4.69) is 5.10 Å². The largest absolute Gasteiger partial charge is 0.268 e. The van der Waals surface area contributed by atoms with E-state index in [0.717, 1.165) is 11.1 Å². The van der Waals surface area contributed by atoms with Gasteiger partial charge in [-0.3, -0.25) is 4.68 Å². The molecule has 0 saturated heterocycles. The summed E-state index contributed by atoms with van der Waals surface area (Å²) in [6.45, 7) is 4.27. The fourth-order valence-corrected chi connectivity index (χ4v) is 4.02. The number of benzene rings is 2. The van der Waals surface area contributed by atoms with Crippen LogP contribution in [0, 0.1) is 0 Å². The average Bonchev–Trinajstić information content (AvgIpc) is 3.10. The SMILES string of the molecule is CC(C)n1cc(S(=O)(=O)N(C)Cc2ccccc2)c(-c2ccccc2)n1. The summed E-state index contributed by atoms with van der Waals surface area (Å²) < 4.78 is 29.5. The Morgan fingerprint density at radius 3 is 2.15 bits per heavy atom. The highest BCUT2D eigenvalue weighted by molar-refractivity contribution is 7.89. The fraction of sp³-hybridized carbons (Fsp3) is 0.250. The van der Waals surface area contributed by atoms with Gasteiger partial charge in [0.2, 0.25) is 10.0 Å². The van der Waals surface area contributed by atoms with Gasteiger partial charge in [0.1, 0.15) is 10.6 Å². The van der Waals surface area contributed by atoms with Gasteiger partial charge in [-0.05, 0) is 19.4 Å². The van der Waals surface area contributed by atoms with E-state index in [9.17, 15) is 8.42 Å². The van der Waals surface area contributed by atoms with E-state index in [4.69, 9.17) is 0 Å². The molecule has 0 aliphatic carbocycles. The molecule has 0 N–H and O–H groups in total. The zero-order valence-electron chi connectivity index (χ0n) is 15.2. The second kappa shape index (κ2) is 7.43. The van der Waals surface area contributed by atoms with Crippen molar-refractivity contribution in [2.75, 3.05) is 7.05 Å². The van der Waals surface area contributed by atoms with Crippen molar-refractivity contribution in [2.45, 2.75) is 31.3 Å². The molecule has 0 atom stereocenters. The fourth-order valence-electron chi connectivity index (χ4n) is 2.72. The van der Waals surface area contributed by atoms with Crippen molar-refractivity contribution in [3.63, 3.8) is 0 Å². The molecule has 6 heteroatoms. The second-order valence-corrected chi connectivity index (χ2v) is 8.54. The maximum absolute atomic E-state index is 13.2. The molecule has 0 aliphatic heterocycles. The van der Waals surface area contributed by atoms with Crippen molar-refractivity contribution in [1.29, 1.82) is 0 Å². The molecule has 136 valence electrons. The van der Waals surface area contributed by atoms with Crippen LogP contribution in [0.3, 0.4) is 0 Å². The van der Waals surface area contributed by atoms with Crippen LogP contribution in [-0.4, -0.2) is 29.6 Å². The molecular formula is C20H23N3O2S. The van der Waals surface area contributed by atoms with E-state index in [0.29, 0.717) is 12.2 Å². The Morgan fingerprint density at radius 1 is 1.00 bits per heavy atom. The molecule has 0 spiro atoms. The summed E-state index contributed by atoms with van der Waals surface area (Å²) in [5, 5.41) is 4.55. The summed E-state index contributed by atoms with van der Waals surface area (Å²) in [6, 6.07) is 19.1. The first kappa shape index (κ1) is 18.4. The molecule has 3 rings (SSSR count). The Balaban J connectivity index is 2.03. The Hall–Kier alpha value is -2.44. The Labute approximate surface area is 154 Å². The lowest BCUT2D eigenvalue weighted by atomic mass is 10.2. The van der Waals surface area contributed by atoms with Gasteiger partial charge in [0.15, 0.2) is 0 Å². The highest BCUT2D eigenvalue weighted by Gasteiger charge is 2.28. The van der Waals surface area contributed by atoms with E-state index >= 15 is 0 Å². The van der Waals surface area contributed by atoms with Crippen LogP contribution in [0.15, 0.2) is 71.8 Å². The third kappa shape index (κ3) is 3.71. The molecule has 0 aliphatic rings. The smallest absolute Gasteiger partial charge is 0.246 e. The number of nitrogens with zero attached hydrogens (tertiary/aromatic N) is 3. The van der Waals surface area contributed by atoms with Crippen LogP contribution in [0.1, 0.15) is 25.5 Å². The predicted octanol–water partition coefficient (Wildman–Crippen LogP) is 3.95. The summed E-state index contributed by atoms with van der Waals surface area (Å²) in [4.78, 5) is 0.232. The minimum atomic E-state index is -3.68. The maximum Gasteiger partial charge on any atom is 0.246 e. The van der Waals surface area contributed by atoms with Crippen LogP contribution in [0.5, 0.6) is 0 Å². The summed E-state index contributed by atoms with van der Waals surface area (Å²) in [5.41, 5.74) is 2.22. The molecule has 0 bridgehead atoms. The molecular weight excluding hydrogens is 346 g/mol. The van der Waals surface area contributed by atoms with Crippen molar-refractivity contribution in [2.24, 2.45) is 0 Å². The van der Waals surface area contributed by atoms with Crippen molar-refractivity contribution in [3.8, 4) is 11.3 Å².